The number of nitro groups is 1. The molecule has 2 heterocycles. The Hall–Kier alpha value is -2.98. The van der Waals surface area contributed by atoms with Gasteiger partial charge in [0.2, 0.25) is 5.96 Å². The number of halogens is 1. The molecule has 0 unspecified atom stereocenters. The van der Waals surface area contributed by atoms with Crippen molar-refractivity contribution in [3.05, 3.63) is 51.1 Å². The highest BCUT2D eigenvalue weighted by molar-refractivity contribution is 7.17. The first kappa shape index (κ1) is 18.4. The van der Waals surface area contributed by atoms with Crippen LogP contribution in [0.25, 0.3) is 16.2 Å². The van der Waals surface area contributed by atoms with Crippen LogP contribution in [0.5, 0.6) is 0 Å². The van der Waals surface area contributed by atoms with Crippen molar-refractivity contribution in [1.82, 2.24) is 9.38 Å². The van der Waals surface area contributed by atoms with E-state index in [2.05, 4.69) is 15.2 Å². The largest absolute Gasteiger partial charge is 0.369 e. The predicted octanol–water partition coefficient (Wildman–Crippen LogP) is 2.31. The van der Waals surface area contributed by atoms with Gasteiger partial charge in [0.15, 0.2) is 4.96 Å². The Morgan fingerprint density at radius 3 is 2.88 bits per heavy atom. The number of rotatable bonds is 4. The number of aromatic nitrogens is 2. The van der Waals surface area contributed by atoms with Crippen LogP contribution in [-0.4, -0.2) is 26.5 Å². The normalized spacial score (nSPS) is 10.8. The molecule has 130 valence electrons. The second kappa shape index (κ2) is 7.28. The van der Waals surface area contributed by atoms with Gasteiger partial charge in [0.05, 0.1) is 22.5 Å². The summed E-state index contributed by atoms with van der Waals surface area (Å²) in [6, 6.07) is 6.27. The lowest BCUT2D eigenvalue weighted by Gasteiger charge is -2.00. The molecule has 2 aromatic heterocycles. The van der Waals surface area contributed by atoms with Crippen molar-refractivity contribution in [3.8, 4) is 11.3 Å². The zero-order valence-electron chi connectivity index (χ0n) is 13.0. The van der Waals surface area contributed by atoms with E-state index in [-0.39, 0.29) is 24.1 Å². The lowest BCUT2D eigenvalue weighted by atomic mass is 10.1. The Kier molecular flexibility index (Phi) is 5.35. The van der Waals surface area contributed by atoms with Crippen molar-refractivity contribution >= 4 is 46.6 Å². The Balaban J connectivity index is 0.00000225. The summed E-state index contributed by atoms with van der Waals surface area (Å²) < 4.78 is 1.85. The third-order valence-corrected chi connectivity index (χ3v) is 4.06. The second-order valence-electron chi connectivity index (χ2n) is 4.92. The minimum Gasteiger partial charge on any atom is -0.369 e. The fourth-order valence-electron chi connectivity index (χ4n) is 2.23. The zero-order chi connectivity index (χ0) is 17.3. The summed E-state index contributed by atoms with van der Waals surface area (Å²) in [5.41, 5.74) is 12.4. The molecule has 9 nitrogen and oxygen atoms in total. The van der Waals surface area contributed by atoms with Crippen molar-refractivity contribution in [2.45, 2.75) is 6.92 Å². The molecule has 0 aliphatic carbocycles. The third kappa shape index (κ3) is 3.75. The van der Waals surface area contributed by atoms with Crippen LogP contribution >= 0.6 is 23.7 Å². The number of nitro benzene ring substituents is 1. The molecule has 3 aromatic rings. The maximum Gasteiger partial charge on any atom is 0.270 e. The number of nitrogens with zero attached hydrogens (tertiary/aromatic N) is 5. The average Bonchev–Trinajstić information content (AvgIpc) is 3.04. The summed E-state index contributed by atoms with van der Waals surface area (Å²) >= 11 is 1.50. The van der Waals surface area contributed by atoms with Gasteiger partial charge in [-0.1, -0.05) is 12.1 Å². The Morgan fingerprint density at radius 2 is 2.20 bits per heavy atom. The van der Waals surface area contributed by atoms with E-state index >= 15 is 0 Å². The summed E-state index contributed by atoms with van der Waals surface area (Å²) in [6.45, 7) is 1.96. The quantitative estimate of drug-likeness (QED) is 0.310. The van der Waals surface area contributed by atoms with Crippen LogP contribution < -0.4 is 11.5 Å². The van der Waals surface area contributed by atoms with Gasteiger partial charge in [-0.15, -0.1) is 28.8 Å². The fourth-order valence-corrected chi connectivity index (χ4v) is 3.06. The van der Waals surface area contributed by atoms with E-state index in [1.54, 1.807) is 12.1 Å². The number of imidazole rings is 1. The van der Waals surface area contributed by atoms with E-state index < -0.39 is 4.92 Å². The molecule has 1 aromatic carbocycles. The number of fused-ring (bicyclic) bond motifs is 1. The Morgan fingerprint density at radius 1 is 1.44 bits per heavy atom. The smallest absolute Gasteiger partial charge is 0.270 e. The Bertz CT molecular complexity index is 988. The lowest BCUT2D eigenvalue weighted by Crippen LogP contribution is -2.21. The number of guanidine groups is 1. The molecular formula is C14H14ClN7O2S. The highest BCUT2D eigenvalue weighted by Gasteiger charge is 2.16. The molecule has 0 fully saturated rings. The first-order valence-corrected chi connectivity index (χ1v) is 7.62. The van der Waals surface area contributed by atoms with E-state index in [0.29, 0.717) is 17.0 Å². The second-order valence-corrected chi connectivity index (χ2v) is 6.13. The topological polar surface area (TPSA) is 137 Å². The Labute approximate surface area is 152 Å². The van der Waals surface area contributed by atoms with Gasteiger partial charge in [0, 0.05) is 28.8 Å². The summed E-state index contributed by atoms with van der Waals surface area (Å²) in [6.07, 6.45) is 3.38. The molecule has 0 amide bonds. The minimum absolute atomic E-state index is 0. The molecule has 0 bridgehead atoms. The van der Waals surface area contributed by atoms with E-state index in [1.165, 1.54) is 29.7 Å². The average molecular weight is 380 g/mol. The van der Waals surface area contributed by atoms with Gasteiger partial charge in [-0.2, -0.15) is 5.10 Å². The molecule has 0 atom stereocenters. The molecule has 0 spiro atoms. The van der Waals surface area contributed by atoms with Gasteiger partial charge in [0.1, 0.15) is 0 Å². The molecular weight excluding hydrogens is 366 g/mol. The van der Waals surface area contributed by atoms with Crippen molar-refractivity contribution < 1.29 is 4.92 Å². The molecule has 0 aliphatic rings. The SMILES string of the molecule is Cc1cn2c(/C=N/N=C(N)N)c(-c3cccc([N+](=O)[O-])c3)nc2s1.Cl. The molecule has 0 radical (unpaired) electrons. The molecule has 25 heavy (non-hydrogen) atoms. The van der Waals surface area contributed by atoms with Gasteiger partial charge < -0.3 is 11.5 Å². The van der Waals surface area contributed by atoms with Crippen LogP contribution in [0.15, 0.2) is 40.7 Å². The highest BCUT2D eigenvalue weighted by Crippen LogP contribution is 2.29. The molecule has 0 saturated heterocycles. The number of nitrogens with two attached hydrogens (primary N) is 2. The van der Waals surface area contributed by atoms with Crippen LogP contribution in [0, 0.1) is 17.0 Å². The minimum atomic E-state index is -0.445. The van der Waals surface area contributed by atoms with Crippen LogP contribution in [0.3, 0.4) is 0 Å². The highest BCUT2D eigenvalue weighted by atomic mass is 35.5. The van der Waals surface area contributed by atoms with Gasteiger partial charge >= 0.3 is 0 Å². The molecule has 3 rings (SSSR count). The predicted molar refractivity (Wildman–Crippen MR) is 101 cm³/mol. The zero-order valence-corrected chi connectivity index (χ0v) is 14.6. The summed E-state index contributed by atoms with van der Waals surface area (Å²) in [5, 5.41) is 18.4. The van der Waals surface area contributed by atoms with Crippen molar-refractivity contribution in [1.29, 1.82) is 0 Å². The molecule has 0 aliphatic heterocycles. The maximum absolute atomic E-state index is 11.0. The molecule has 4 N–H and O–H groups in total. The number of hydrogen-bond donors (Lipinski definition) is 2. The van der Waals surface area contributed by atoms with E-state index in [0.717, 1.165) is 9.84 Å². The number of benzene rings is 1. The summed E-state index contributed by atoms with van der Waals surface area (Å²) in [5.74, 6) is -0.162. The first-order valence-electron chi connectivity index (χ1n) is 6.81. The van der Waals surface area contributed by atoms with E-state index in [4.69, 9.17) is 11.5 Å². The van der Waals surface area contributed by atoms with Gasteiger partial charge in [0.25, 0.3) is 5.69 Å². The molecule has 0 saturated carbocycles. The van der Waals surface area contributed by atoms with Crippen LogP contribution in [0.2, 0.25) is 0 Å². The van der Waals surface area contributed by atoms with Crippen LogP contribution in [0.1, 0.15) is 10.6 Å². The number of aryl methyl sites for hydroxylation is 1. The standard InChI is InChI=1S/C14H13N7O2S.ClH/c1-8-7-20-11(6-17-19-13(15)16)12(18-14(20)24-8)9-3-2-4-10(5-9)21(22)23;/h2-7H,1H3,(H4,15,16,19);1H/b17-6+;. The van der Waals surface area contributed by atoms with Gasteiger partial charge in [-0.3, -0.25) is 14.5 Å². The monoisotopic (exact) mass is 379 g/mol. The fraction of sp³-hybridized carbons (Fsp3) is 0.0714. The van der Waals surface area contributed by atoms with Crippen LogP contribution in [-0.2, 0) is 0 Å². The van der Waals surface area contributed by atoms with Crippen LogP contribution in [0.4, 0.5) is 5.69 Å². The third-order valence-electron chi connectivity index (χ3n) is 3.16. The summed E-state index contributed by atoms with van der Waals surface area (Å²) in [7, 11) is 0. The molecule has 11 heteroatoms. The van der Waals surface area contributed by atoms with Crippen molar-refractivity contribution in [2.24, 2.45) is 21.7 Å². The first-order chi connectivity index (χ1) is 11.5. The lowest BCUT2D eigenvalue weighted by molar-refractivity contribution is -0.384. The van der Waals surface area contributed by atoms with E-state index in [1.807, 2.05) is 17.5 Å². The number of non-ortho nitro benzene ring substituents is 1. The van der Waals surface area contributed by atoms with Crippen molar-refractivity contribution in [2.75, 3.05) is 0 Å². The van der Waals surface area contributed by atoms with E-state index in [9.17, 15) is 10.1 Å². The summed E-state index contributed by atoms with van der Waals surface area (Å²) in [4.78, 5) is 16.9. The van der Waals surface area contributed by atoms with Gasteiger partial charge in [-0.05, 0) is 6.92 Å². The maximum atomic E-state index is 11.0. The number of hydrogen-bond acceptors (Lipinski definition) is 6. The van der Waals surface area contributed by atoms with Gasteiger partial charge in [-0.25, -0.2) is 4.98 Å². The number of thiazole rings is 1. The van der Waals surface area contributed by atoms with Crippen molar-refractivity contribution in [3.63, 3.8) is 0 Å².